The maximum Gasteiger partial charge on any atom is 0.117 e. The van der Waals surface area contributed by atoms with E-state index in [1.54, 1.807) is 18.3 Å². The molecule has 0 spiro atoms. The van der Waals surface area contributed by atoms with Gasteiger partial charge in [0, 0.05) is 35.1 Å². The van der Waals surface area contributed by atoms with Gasteiger partial charge in [-0.1, -0.05) is 25.4 Å². The van der Waals surface area contributed by atoms with Gasteiger partial charge in [0.15, 0.2) is 0 Å². The first kappa shape index (κ1) is 17.4. The Morgan fingerprint density at radius 2 is 2.08 bits per heavy atom. The van der Waals surface area contributed by atoms with Crippen LogP contribution in [-0.2, 0) is 6.54 Å². The molecule has 0 atom stereocenters. The van der Waals surface area contributed by atoms with Crippen molar-refractivity contribution >= 4 is 11.6 Å². The SMILES string of the molecule is CC(C)(CN)Cn1cc(-c2ccncn2)c(-c2cc(O)cc(Cl)c2)n1. The first-order valence-corrected chi connectivity index (χ1v) is 8.29. The maximum atomic E-state index is 9.89. The first-order chi connectivity index (χ1) is 11.9. The van der Waals surface area contributed by atoms with E-state index in [4.69, 9.17) is 22.4 Å². The highest BCUT2D eigenvalue weighted by Crippen LogP contribution is 2.34. The first-order valence-electron chi connectivity index (χ1n) is 7.92. The molecule has 130 valence electrons. The molecule has 0 aliphatic carbocycles. The zero-order valence-corrected chi connectivity index (χ0v) is 14.9. The Bertz CT molecular complexity index is 856. The smallest absolute Gasteiger partial charge is 0.117 e. The number of aromatic nitrogens is 4. The molecule has 0 saturated heterocycles. The Morgan fingerprint density at radius 3 is 2.72 bits per heavy atom. The van der Waals surface area contributed by atoms with Crippen LogP contribution in [0.3, 0.4) is 0 Å². The van der Waals surface area contributed by atoms with E-state index in [1.807, 2.05) is 16.9 Å². The van der Waals surface area contributed by atoms with Gasteiger partial charge in [-0.3, -0.25) is 4.68 Å². The number of phenols is 1. The van der Waals surface area contributed by atoms with Gasteiger partial charge in [-0.15, -0.1) is 0 Å². The van der Waals surface area contributed by atoms with Crippen LogP contribution in [-0.4, -0.2) is 31.4 Å². The van der Waals surface area contributed by atoms with Crippen LogP contribution in [0.4, 0.5) is 0 Å². The minimum Gasteiger partial charge on any atom is -0.508 e. The van der Waals surface area contributed by atoms with E-state index in [0.29, 0.717) is 23.8 Å². The Labute approximate surface area is 151 Å². The lowest BCUT2D eigenvalue weighted by Crippen LogP contribution is -2.28. The van der Waals surface area contributed by atoms with E-state index in [9.17, 15) is 5.11 Å². The van der Waals surface area contributed by atoms with Gasteiger partial charge in [0.05, 0.1) is 5.69 Å². The van der Waals surface area contributed by atoms with Crippen molar-refractivity contribution in [3.05, 3.63) is 48.0 Å². The second-order valence-corrected chi connectivity index (χ2v) is 7.19. The molecule has 6 nitrogen and oxygen atoms in total. The lowest BCUT2D eigenvalue weighted by atomic mass is 9.94. The number of rotatable bonds is 5. The molecule has 3 rings (SSSR count). The summed E-state index contributed by atoms with van der Waals surface area (Å²) >= 11 is 6.10. The minimum absolute atomic E-state index is 0.0907. The Hall–Kier alpha value is -2.44. The second-order valence-electron chi connectivity index (χ2n) is 6.75. The maximum absolute atomic E-state index is 9.89. The average molecular weight is 358 g/mol. The summed E-state index contributed by atoms with van der Waals surface area (Å²) in [5.74, 6) is 0.0907. The van der Waals surface area contributed by atoms with Gasteiger partial charge in [0.2, 0.25) is 0 Å². The number of phenolic OH excluding ortho intramolecular Hbond substituents is 1. The summed E-state index contributed by atoms with van der Waals surface area (Å²) in [6.07, 6.45) is 5.12. The summed E-state index contributed by atoms with van der Waals surface area (Å²) < 4.78 is 1.86. The molecule has 0 bridgehead atoms. The topological polar surface area (TPSA) is 89.9 Å². The standard InChI is InChI=1S/C18H20ClN5O/c1-18(2,9-20)10-24-8-15(16-3-4-21-11-22-16)17(23-24)12-5-13(19)7-14(25)6-12/h3-8,11,25H,9-10,20H2,1-2H3. The van der Waals surface area contributed by atoms with E-state index < -0.39 is 0 Å². The number of benzene rings is 1. The third-order valence-electron chi connectivity index (χ3n) is 3.92. The lowest BCUT2D eigenvalue weighted by molar-refractivity contribution is 0.302. The highest BCUT2D eigenvalue weighted by molar-refractivity contribution is 6.31. The third-order valence-corrected chi connectivity index (χ3v) is 4.14. The number of nitrogens with zero attached hydrogens (tertiary/aromatic N) is 4. The minimum atomic E-state index is -0.0945. The molecule has 3 N–H and O–H groups in total. The fourth-order valence-electron chi connectivity index (χ4n) is 2.57. The van der Waals surface area contributed by atoms with Gasteiger partial charge in [-0.05, 0) is 36.2 Å². The zero-order valence-electron chi connectivity index (χ0n) is 14.1. The average Bonchev–Trinajstić information content (AvgIpc) is 2.98. The molecule has 2 aromatic heterocycles. The molecule has 0 aliphatic heterocycles. The van der Waals surface area contributed by atoms with Gasteiger partial charge in [0.1, 0.15) is 17.8 Å². The summed E-state index contributed by atoms with van der Waals surface area (Å²) in [4.78, 5) is 8.29. The molecule has 2 heterocycles. The molecule has 0 amide bonds. The van der Waals surface area contributed by atoms with Gasteiger partial charge >= 0.3 is 0 Å². The van der Waals surface area contributed by atoms with Crippen molar-refractivity contribution < 1.29 is 5.11 Å². The van der Waals surface area contributed by atoms with E-state index in [2.05, 4.69) is 23.8 Å². The highest BCUT2D eigenvalue weighted by Gasteiger charge is 2.20. The van der Waals surface area contributed by atoms with Crippen molar-refractivity contribution in [3.63, 3.8) is 0 Å². The van der Waals surface area contributed by atoms with Gasteiger partial charge in [-0.2, -0.15) is 5.10 Å². The van der Waals surface area contributed by atoms with Crippen LogP contribution in [0.5, 0.6) is 5.75 Å². The lowest BCUT2D eigenvalue weighted by Gasteiger charge is -2.21. The zero-order chi connectivity index (χ0) is 18.0. The molecule has 7 heteroatoms. The van der Waals surface area contributed by atoms with Crippen molar-refractivity contribution in [1.29, 1.82) is 0 Å². The molecule has 3 aromatic rings. The number of aromatic hydroxyl groups is 1. The van der Waals surface area contributed by atoms with Crippen LogP contribution in [0.2, 0.25) is 5.02 Å². The highest BCUT2D eigenvalue weighted by atomic mass is 35.5. The molecule has 0 unspecified atom stereocenters. The van der Waals surface area contributed by atoms with Gasteiger partial charge in [0.25, 0.3) is 0 Å². The number of hydrogen-bond acceptors (Lipinski definition) is 5. The fourth-order valence-corrected chi connectivity index (χ4v) is 2.80. The molecule has 0 aliphatic rings. The number of hydrogen-bond donors (Lipinski definition) is 2. The van der Waals surface area contributed by atoms with Gasteiger partial charge < -0.3 is 10.8 Å². The quantitative estimate of drug-likeness (QED) is 0.730. The fraction of sp³-hybridized carbons (Fsp3) is 0.278. The summed E-state index contributed by atoms with van der Waals surface area (Å²) in [6.45, 7) is 5.38. The van der Waals surface area contributed by atoms with E-state index in [-0.39, 0.29) is 11.2 Å². The van der Waals surface area contributed by atoms with Crippen LogP contribution in [0.25, 0.3) is 22.5 Å². The van der Waals surface area contributed by atoms with Crippen molar-refractivity contribution in [2.45, 2.75) is 20.4 Å². The number of halogens is 1. The van der Waals surface area contributed by atoms with Crippen molar-refractivity contribution in [2.24, 2.45) is 11.1 Å². The Kier molecular flexibility index (Phi) is 4.74. The van der Waals surface area contributed by atoms with Crippen molar-refractivity contribution in [1.82, 2.24) is 19.7 Å². The van der Waals surface area contributed by atoms with E-state index in [0.717, 1.165) is 16.8 Å². The largest absolute Gasteiger partial charge is 0.508 e. The molecular formula is C18H20ClN5O. The van der Waals surface area contributed by atoms with E-state index in [1.165, 1.54) is 12.4 Å². The monoisotopic (exact) mass is 357 g/mol. The van der Waals surface area contributed by atoms with Crippen LogP contribution in [0, 0.1) is 5.41 Å². The second kappa shape index (κ2) is 6.82. The van der Waals surface area contributed by atoms with Crippen LogP contribution < -0.4 is 5.73 Å². The molecular weight excluding hydrogens is 338 g/mol. The molecule has 25 heavy (non-hydrogen) atoms. The number of nitrogens with two attached hydrogens (primary N) is 1. The predicted molar refractivity (Wildman–Crippen MR) is 98.2 cm³/mol. The summed E-state index contributed by atoms with van der Waals surface area (Å²) in [5.41, 5.74) is 8.77. The normalized spacial score (nSPS) is 11.7. The summed E-state index contributed by atoms with van der Waals surface area (Å²) in [6, 6.07) is 6.72. The van der Waals surface area contributed by atoms with Crippen molar-refractivity contribution in [3.8, 4) is 28.3 Å². The van der Waals surface area contributed by atoms with Crippen LogP contribution in [0.1, 0.15) is 13.8 Å². The third kappa shape index (κ3) is 3.97. The van der Waals surface area contributed by atoms with E-state index >= 15 is 0 Å². The predicted octanol–water partition coefficient (Wildman–Crippen LogP) is 3.35. The Morgan fingerprint density at radius 1 is 1.28 bits per heavy atom. The molecule has 0 fully saturated rings. The summed E-state index contributed by atoms with van der Waals surface area (Å²) in [7, 11) is 0. The molecule has 0 saturated carbocycles. The van der Waals surface area contributed by atoms with Crippen LogP contribution in [0.15, 0.2) is 43.0 Å². The van der Waals surface area contributed by atoms with Gasteiger partial charge in [-0.25, -0.2) is 9.97 Å². The molecule has 1 aromatic carbocycles. The summed E-state index contributed by atoms with van der Waals surface area (Å²) in [5, 5.41) is 15.0. The van der Waals surface area contributed by atoms with Crippen LogP contribution >= 0.6 is 11.6 Å². The van der Waals surface area contributed by atoms with Crippen molar-refractivity contribution in [2.75, 3.05) is 6.54 Å². The Balaban J connectivity index is 2.13. The molecule has 0 radical (unpaired) electrons.